The van der Waals surface area contributed by atoms with E-state index >= 15 is 0 Å². The predicted molar refractivity (Wildman–Crippen MR) is 86.3 cm³/mol. The minimum absolute atomic E-state index is 0.161. The van der Waals surface area contributed by atoms with Gasteiger partial charge in [-0.25, -0.2) is 4.21 Å². The summed E-state index contributed by atoms with van der Waals surface area (Å²) < 4.78 is 21.5. The summed E-state index contributed by atoms with van der Waals surface area (Å²) in [6.45, 7) is 7.84. The normalized spacial score (nSPS) is 15.8. The summed E-state index contributed by atoms with van der Waals surface area (Å²) in [6.07, 6.45) is 1.76. The largest absolute Gasteiger partial charge is 0.483 e. The Kier molecular flexibility index (Phi) is 6.40. The summed E-state index contributed by atoms with van der Waals surface area (Å²) in [5.74, 6) is 0.748. The van der Waals surface area contributed by atoms with Crippen LogP contribution in [0.3, 0.4) is 0 Å². The molecular formula is C16H25NO2S. The number of ether oxygens (including phenoxy) is 1. The maximum absolute atomic E-state index is 12.2. The summed E-state index contributed by atoms with van der Waals surface area (Å²) in [5.41, 5.74) is 1.24. The number of benzene rings is 1. The number of hydrogen-bond acceptors (Lipinski definition) is 2. The SMILES string of the molecule is CC[C@H](Cc1ccccc1)/C(=N/S(=O)C(C)(C)C)OC. The van der Waals surface area contributed by atoms with E-state index < -0.39 is 11.0 Å². The molecule has 4 heteroatoms. The lowest BCUT2D eigenvalue weighted by molar-refractivity contribution is 0.362. The first-order chi connectivity index (χ1) is 9.38. The Bertz CT molecular complexity index is 463. The zero-order chi connectivity index (χ0) is 15.2. The molecule has 0 aromatic heterocycles. The zero-order valence-electron chi connectivity index (χ0n) is 13.1. The van der Waals surface area contributed by atoms with Gasteiger partial charge < -0.3 is 4.74 Å². The minimum atomic E-state index is -1.28. The van der Waals surface area contributed by atoms with Gasteiger partial charge in [0.1, 0.15) is 11.0 Å². The number of hydrogen-bond donors (Lipinski definition) is 0. The van der Waals surface area contributed by atoms with Crippen molar-refractivity contribution in [1.29, 1.82) is 0 Å². The first-order valence-electron chi connectivity index (χ1n) is 6.97. The molecule has 1 aromatic carbocycles. The number of rotatable bonds is 5. The van der Waals surface area contributed by atoms with Gasteiger partial charge in [-0.2, -0.15) is 4.40 Å². The Morgan fingerprint density at radius 2 is 1.90 bits per heavy atom. The first-order valence-corrected chi connectivity index (χ1v) is 8.07. The average molecular weight is 295 g/mol. The lowest BCUT2D eigenvalue weighted by Crippen LogP contribution is -2.25. The highest BCUT2D eigenvalue weighted by Gasteiger charge is 2.23. The molecule has 0 aliphatic carbocycles. The fraction of sp³-hybridized carbons (Fsp3) is 0.562. The molecule has 1 aromatic rings. The Morgan fingerprint density at radius 3 is 2.35 bits per heavy atom. The Hall–Kier alpha value is -1.16. The lowest BCUT2D eigenvalue weighted by atomic mass is 9.97. The van der Waals surface area contributed by atoms with E-state index in [4.69, 9.17) is 4.74 Å². The highest BCUT2D eigenvalue weighted by atomic mass is 32.2. The average Bonchev–Trinajstić information content (AvgIpc) is 2.42. The van der Waals surface area contributed by atoms with Crippen molar-refractivity contribution in [2.75, 3.05) is 7.11 Å². The summed E-state index contributed by atoms with van der Waals surface area (Å²) in [7, 11) is 0.319. The predicted octanol–water partition coefficient (Wildman–Crippen LogP) is 3.76. The topological polar surface area (TPSA) is 38.7 Å². The molecule has 3 nitrogen and oxygen atoms in total. The lowest BCUT2D eigenvalue weighted by Gasteiger charge is -2.19. The summed E-state index contributed by atoms with van der Waals surface area (Å²) in [6, 6.07) is 10.2. The number of nitrogens with zero attached hydrogens (tertiary/aromatic N) is 1. The van der Waals surface area contributed by atoms with Crippen LogP contribution in [0.25, 0.3) is 0 Å². The van der Waals surface area contributed by atoms with E-state index in [0.29, 0.717) is 5.90 Å². The zero-order valence-corrected chi connectivity index (χ0v) is 13.9. The maximum atomic E-state index is 12.2. The molecular weight excluding hydrogens is 270 g/mol. The monoisotopic (exact) mass is 295 g/mol. The smallest absolute Gasteiger partial charge is 0.200 e. The third-order valence-electron chi connectivity index (χ3n) is 3.07. The molecule has 0 saturated carbocycles. The van der Waals surface area contributed by atoms with Gasteiger partial charge in [0.25, 0.3) is 0 Å². The summed E-state index contributed by atoms with van der Waals surface area (Å²) >= 11 is 0. The van der Waals surface area contributed by atoms with Gasteiger partial charge in [0.2, 0.25) is 5.90 Å². The standard InChI is InChI=1S/C16H25NO2S/c1-6-14(12-13-10-8-7-9-11-13)15(19-5)17-20(18)16(2,3)4/h7-11,14H,6,12H2,1-5H3/b17-15-/t14-,20?/m1/s1. The van der Waals surface area contributed by atoms with E-state index in [2.05, 4.69) is 23.5 Å². The van der Waals surface area contributed by atoms with E-state index in [1.807, 2.05) is 39.0 Å². The molecule has 0 heterocycles. The first kappa shape index (κ1) is 16.9. The number of methoxy groups -OCH3 is 1. The van der Waals surface area contributed by atoms with Crippen molar-refractivity contribution in [2.24, 2.45) is 10.3 Å². The van der Waals surface area contributed by atoms with E-state index in [1.54, 1.807) is 7.11 Å². The highest BCUT2D eigenvalue weighted by molar-refractivity contribution is 7.85. The van der Waals surface area contributed by atoms with E-state index in [-0.39, 0.29) is 10.7 Å². The third-order valence-corrected chi connectivity index (χ3v) is 4.47. The molecule has 0 spiro atoms. The van der Waals surface area contributed by atoms with E-state index in [0.717, 1.165) is 12.8 Å². The van der Waals surface area contributed by atoms with Crippen molar-refractivity contribution in [3.05, 3.63) is 35.9 Å². The van der Waals surface area contributed by atoms with Crippen LogP contribution >= 0.6 is 0 Å². The van der Waals surface area contributed by atoms with Crippen molar-refractivity contribution in [3.63, 3.8) is 0 Å². The molecule has 0 radical (unpaired) electrons. The fourth-order valence-corrected chi connectivity index (χ4v) is 2.46. The van der Waals surface area contributed by atoms with Crippen LogP contribution in [0.2, 0.25) is 0 Å². The van der Waals surface area contributed by atoms with Gasteiger partial charge in [-0.3, -0.25) is 0 Å². The maximum Gasteiger partial charge on any atom is 0.200 e. The van der Waals surface area contributed by atoms with Gasteiger partial charge in [-0.05, 0) is 39.2 Å². The molecule has 0 aliphatic rings. The Balaban J connectivity index is 2.90. The molecule has 0 amide bonds. The van der Waals surface area contributed by atoms with Crippen LogP contribution in [0.4, 0.5) is 0 Å². The van der Waals surface area contributed by atoms with Crippen molar-refractivity contribution in [2.45, 2.75) is 45.3 Å². The van der Waals surface area contributed by atoms with Crippen LogP contribution in [-0.2, 0) is 22.1 Å². The molecule has 0 aliphatic heterocycles. The second-order valence-corrected chi connectivity index (χ2v) is 7.70. The third kappa shape index (κ3) is 5.08. The van der Waals surface area contributed by atoms with Crippen LogP contribution in [-0.4, -0.2) is 22.0 Å². The summed E-state index contributed by atoms with van der Waals surface area (Å²) in [5, 5.41) is 0. The van der Waals surface area contributed by atoms with Crippen molar-refractivity contribution < 1.29 is 8.95 Å². The second kappa shape index (κ2) is 7.58. The minimum Gasteiger partial charge on any atom is -0.483 e. The van der Waals surface area contributed by atoms with Gasteiger partial charge in [-0.1, -0.05) is 37.3 Å². The molecule has 2 atom stereocenters. The van der Waals surface area contributed by atoms with Gasteiger partial charge in [0, 0.05) is 5.92 Å². The van der Waals surface area contributed by atoms with Crippen LogP contribution in [0.1, 0.15) is 39.7 Å². The quantitative estimate of drug-likeness (QED) is 0.613. The molecule has 0 N–H and O–H groups in total. The molecule has 112 valence electrons. The molecule has 1 unspecified atom stereocenters. The molecule has 0 fully saturated rings. The van der Waals surface area contributed by atoms with Crippen molar-refractivity contribution in [3.8, 4) is 0 Å². The Morgan fingerprint density at radius 1 is 1.30 bits per heavy atom. The van der Waals surface area contributed by atoms with Crippen molar-refractivity contribution >= 4 is 16.9 Å². The highest BCUT2D eigenvalue weighted by Crippen LogP contribution is 2.18. The van der Waals surface area contributed by atoms with Gasteiger partial charge in [0.15, 0.2) is 0 Å². The van der Waals surface area contributed by atoms with Gasteiger partial charge in [-0.15, -0.1) is 0 Å². The van der Waals surface area contributed by atoms with Crippen molar-refractivity contribution in [1.82, 2.24) is 0 Å². The molecule has 20 heavy (non-hydrogen) atoms. The van der Waals surface area contributed by atoms with Gasteiger partial charge in [0.05, 0.1) is 11.9 Å². The Labute approximate surface area is 125 Å². The van der Waals surface area contributed by atoms with E-state index in [1.165, 1.54) is 5.56 Å². The van der Waals surface area contributed by atoms with E-state index in [9.17, 15) is 4.21 Å². The van der Waals surface area contributed by atoms with Crippen LogP contribution < -0.4 is 0 Å². The van der Waals surface area contributed by atoms with Crippen LogP contribution in [0.5, 0.6) is 0 Å². The fourth-order valence-electron chi connectivity index (χ4n) is 1.80. The summed E-state index contributed by atoms with van der Waals surface area (Å²) in [4.78, 5) is 0. The van der Waals surface area contributed by atoms with Gasteiger partial charge >= 0.3 is 0 Å². The second-order valence-electron chi connectivity index (χ2n) is 5.79. The molecule has 0 saturated heterocycles. The molecule has 1 rings (SSSR count). The molecule has 0 bridgehead atoms. The van der Waals surface area contributed by atoms with Crippen LogP contribution in [0.15, 0.2) is 34.7 Å². The van der Waals surface area contributed by atoms with Crippen LogP contribution in [0, 0.1) is 5.92 Å².